The Morgan fingerprint density at radius 1 is 1.56 bits per heavy atom. The second-order valence-electron chi connectivity index (χ2n) is 3.88. The molecule has 16 heavy (non-hydrogen) atoms. The number of anilines is 1. The van der Waals surface area contributed by atoms with Gasteiger partial charge in [0.05, 0.1) is 0 Å². The number of rotatable bonds is 4. The molecule has 0 spiro atoms. The van der Waals surface area contributed by atoms with Crippen LogP contribution in [0.1, 0.15) is 25.3 Å². The number of amides is 1. The summed E-state index contributed by atoms with van der Waals surface area (Å²) in [4.78, 5) is 11.6. The van der Waals surface area contributed by atoms with E-state index in [0.29, 0.717) is 11.4 Å². The number of nitrogens with one attached hydrogen (secondary N) is 1. The third kappa shape index (κ3) is 3.83. The molecule has 3 nitrogen and oxygen atoms in total. The number of hydrogen-bond donors (Lipinski definition) is 2. The summed E-state index contributed by atoms with van der Waals surface area (Å²) in [6, 6.07) is 5.33. The lowest BCUT2D eigenvalue weighted by Gasteiger charge is -2.11. The number of carbonyl (C=O) groups excluding carboxylic acids is 1. The van der Waals surface area contributed by atoms with E-state index in [0.717, 1.165) is 17.7 Å². The van der Waals surface area contributed by atoms with E-state index in [4.69, 9.17) is 17.3 Å². The van der Waals surface area contributed by atoms with Crippen LogP contribution in [0.2, 0.25) is 5.02 Å². The first-order valence-electron chi connectivity index (χ1n) is 5.34. The van der Waals surface area contributed by atoms with E-state index < -0.39 is 0 Å². The molecule has 0 heterocycles. The second-order valence-corrected chi connectivity index (χ2v) is 4.32. The lowest BCUT2D eigenvalue weighted by molar-refractivity contribution is -0.116. The van der Waals surface area contributed by atoms with Crippen molar-refractivity contribution in [3.05, 3.63) is 28.8 Å². The molecule has 0 fully saturated rings. The van der Waals surface area contributed by atoms with Crippen LogP contribution < -0.4 is 11.1 Å². The van der Waals surface area contributed by atoms with Gasteiger partial charge in [0.2, 0.25) is 5.91 Å². The largest absolute Gasteiger partial charge is 0.327 e. The Morgan fingerprint density at radius 2 is 2.25 bits per heavy atom. The molecular weight excluding hydrogens is 224 g/mol. The van der Waals surface area contributed by atoms with E-state index >= 15 is 0 Å². The highest BCUT2D eigenvalue weighted by atomic mass is 35.5. The zero-order valence-corrected chi connectivity index (χ0v) is 10.3. The Bertz CT molecular complexity index is 379. The molecule has 1 aromatic rings. The summed E-state index contributed by atoms with van der Waals surface area (Å²) in [6.07, 6.45) is 1.13. The Morgan fingerprint density at radius 3 is 2.88 bits per heavy atom. The van der Waals surface area contributed by atoms with Crippen molar-refractivity contribution in [2.45, 2.75) is 32.7 Å². The molecule has 0 aliphatic rings. The van der Waals surface area contributed by atoms with Crippen molar-refractivity contribution < 1.29 is 4.79 Å². The summed E-state index contributed by atoms with van der Waals surface area (Å²) >= 11 is 5.86. The molecule has 0 bridgehead atoms. The number of carbonyl (C=O) groups is 1. The lowest BCUT2D eigenvalue weighted by Crippen LogP contribution is -2.26. The van der Waals surface area contributed by atoms with E-state index in [1.165, 1.54) is 0 Å². The van der Waals surface area contributed by atoms with Crippen molar-refractivity contribution in [3.63, 3.8) is 0 Å². The van der Waals surface area contributed by atoms with Gasteiger partial charge in [0.1, 0.15) is 0 Å². The van der Waals surface area contributed by atoms with Crippen LogP contribution in [0.4, 0.5) is 5.69 Å². The summed E-state index contributed by atoms with van der Waals surface area (Å²) in [6.45, 7) is 3.88. The van der Waals surface area contributed by atoms with Gasteiger partial charge in [-0.2, -0.15) is 0 Å². The Labute approximate surface area is 101 Å². The molecule has 88 valence electrons. The first-order valence-corrected chi connectivity index (χ1v) is 5.72. The van der Waals surface area contributed by atoms with Crippen LogP contribution in [-0.4, -0.2) is 11.9 Å². The molecule has 1 atom stereocenters. The van der Waals surface area contributed by atoms with Gasteiger partial charge in [0.15, 0.2) is 0 Å². The summed E-state index contributed by atoms with van der Waals surface area (Å²) < 4.78 is 0. The van der Waals surface area contributed by atoms with Crippen molar-refractivity contribution in [3.8, 4) is 0 Å². The average molecular weight is 241 g/mol. The maximum atomic E-state index is 11.6. The Kier molecular flexibility index (Phi) is 4.77. The van der Waals surface area contributed by atoms with E-state index in [9.17, 15) is 4.79 Å². The zero-order valence-electron chi connectivity index (χ0n) is 9.59. The van der Waals surface area contributed by atoms with E-state index in [-0.39, 0.29) is 11.9 Å². The van der Waals surface area contributed by atoms with Crippen LogP contribution in [0.15, 0.2) is 18.2 Å². The summed E-state index contributed by atoms with van der Waals surface area (Å²) in [5.74, 6) is -0.0697. The monoisotopic (exact) mass is 240 g/mol. The van der Waals surface area contributed by atoms with Gasteiger partial charge in [-0.3, -0.25) is 4.79 Å². The SMILES string of the molecule is CCC(N)CC(=O)Nc1cc(Cl)ccc1C. The van der Waals surface area contributed by atoms with Crippen LogP contribution in [0.5, 0.6) is 0 Å². The fraction of sp³-hybridized carbons (Fsp3) is 0.417. The minimum atomic E-state index is -0.0838. The first-order chi connectivity index (χ1) is 7.52. The zero-order chi connectivity index (χ0) is 12.1. The number of aryl methyl sites for hydroxylation is 1. The molecule has 0 radical (unpaired) electrons. The van der Waals surface area contributed by atoms with Crippen molar-refractivity contribution in [1.29, 1.82) is 0 Å². The molecule has 1 unspecified atom stereocenters. The third-order valence-electron chi connectivity index (χ3n) is 2.45. The summed E-state index contributed by atoms with van der Waals surface area (Å²) in [5, 5.41) is 3.42. The highest BCUT2D eigenvalue weighted by Crippen LogP contribution is 2.20. The van der Waals surface area contributed by atoms with Gasteiger partial charge in [-0.1, -0.05) is 24.6 Å². The molecule has 3 N–H and O–H groups in total. The molecule has 0 saturated heterocycles. The van der Waals surface area contributed by atoms with Gasteiger partial charge in [0.25, 0.3) is 0 Å². The molecular formula is C12H17ClN2O. The standard InChI is InChI=1S/C12H17ClN2O/c1-3-10(14)7-12(16)15-11-6-9(13)5-4-8(11)2/h4-6,10H,3,7,14H2,1-2H3,(H,15,16). The maximum Gasteiger partial charge on any atom is 0.225 e. The van der Waals surface area contributed by atoms with Gasteiger partial charge < -0.3 is 11.1 Å². The Hall–Kier alpha value is -1.06. The van der Waals surface area contributed by atoms with Crippen molar-refractivity contribution in [2.75, 3.05) is 5.32 Å². The predicted octanol–water partition coefficient (Wildman–Crippen LogP) is 2.71. The summed E-state index contributed by atoms with van der Waals surface area (Å²) in [7, 11) is 0. The van der Waals surface area contributed by atoms with Gasteiger partial charge in [-0.05, 0) is 31.0 Å². The average Bonchev–Trinajstić information content (AvgIpc) is 2.23. The number of benzene rings is 1. The van der Waals surface area contributed by atoms with Crippen LogP contribution in [0.25, 0.3) is 0 Å². The maximum absolute atomic E-state index is 11.6. The van der Waals surface area contributed by atoms with Gasteiger partial charge in [0, 0.05) is 23.2 Å². The molecule has 0 aliphatic carbocycles. The smallest absolute Gasteiger partial charge is 0.225 e. The molecule has 0 aliphatic heterocycles. The Balaban J connectivity index is 2.65. The first kappa shape index (κ1) is 13.0. The molecule has 1 aromatic carbocycles. The molecule has 0 saturated carbocycles. The highest BCUT2D eigenvalue weighted by Gasteiger charge is 2.09. The van der Waals surface area contributed by atoms with Crippen molar-refractivity contribution >= 4 is 23.2 Å². The second kappa shape index (κ2) is 5.87. The molecule has 1 rings (SSSR count). The fourth-order valence-electron chi connectivity index (χ4n) is 1.31. The highest BCUT2D eigenvalue weighted by molar-refractivity contribution is 6.31. The topological polar surface area (TPSA) is 55.1 Å². The summed E-state index contributed by atoms with van der Waals surface area (Å²) in [5.41, 5.74) is 7.45. The normalized spacial score (nSPS) is 12.2. The van der Waals surface area contributed by atoms with Crippen LogP contribution >= 0.6 is 11.6 Å². The van der Waals surface area contributed by atoms with Crippen LogP contribution in [0.3, 0.4) is 0 Å². The van der Waals surface area contributed by atoms with E-state index in [1.807, 2.05) is 19.9 Å². The number of hydrogen-bond acceptors (Lipinski definition) is 2. The van der Waals surface area contributed by atoms with Crippen LogP contribution in [0, 0.1) is 6.92 Å². The van der Waals surface area contributed by atoms with E-state index in [1.54, 1.807) is 12.1 Å². The third-order valence-corrected chi connectivity index (χ3v) is 2.68. The van der Waals surface area contributed by atoms with Gasteiger partial charge >= 0.3 is 0 Å². The molecule has 4 heteroatoms. The predicted molar refractivity (Wildman–Crippen MR) is 67.7 cm³/mol. The van der Waals surface area contributed by atoms with Crippen LogP contribution in [-0.2, 0) is 4.79 Å². The van der Waals surface area contributed by atoms with Crippen molar-refractivity contribution in [1.82, 2.24) is 0 Å². The number of halogens is 1. The van der Waals surface area contributed by atoms with E-state index in [2.05, 4.69) is 5.32 Å². The fourth-order valence-corrected chi connectivity index (χ4v) is 1.48. The minimum Gasteiger partial charge on any atom is -0.327 e. The quantitative estimate of drug-likeness (QED) is 0.850. The number of nitrogens with two attached hydrogens (primary N) is 1. The lowest BCUT2D eigenvalue weighted by atomic mass is 10.1. The molecule has 1 amide bonds. The van der Waals surface area contributed by atoms with Gasteiger partial charge in [-0.15, -0.1) is 0 Å². The van der Waals surface area contributed by atoms with Crippen molar-refractivity contribution in [2.24, 2.45) is 5.73 Å². The van der Waals surface area contributed by atoms with Gasteiger partial charge in [-0.25, -0.2) is 0 Å². The molecule has 0 aromatic heterocycles. The minimum absolute atomic E-state index is 0.0697.